The van der Waals surface area contributed by atoms with Crippen molar-refractivity contribution in [2.45, 2.75) is 24.8 Å². The van der Waals surface area contributed by atoms with E-state index in [2.05, 4.69) is 46.3 Å². The van der Waals surface area contributed by atoms with Crippen molar-refractivity contribution in [2.24, 2.45) is 0 Å². The van der Waals surface area contributed by atoms with E-state index in [0.29, 0.717) is 0 Å². The Labute approximate surface area is 155 Å². The van der Waals surface area contributed by atoms with Crippen molar-refractivity contribution in [3.8, 4) is 0 Å². The average Bonchev–Trinajstić information content (AvgIpc) is 2.98. The maximum Gasteiger partial charge on any atom is 0.325 e. The highest BCUT2D eigenvalue weighted by Crippen LogP contribution is 2.46. The number of piperidine rings is 1. The first-order valence-electron chi connectivity index (χ1n) is 9.30. The molecule has 0 N–H and O–H groups in total. The van der Waals surface area contributed by atoms with Gasteiger partial charge < -0.3 is 4.90 Å². The van der Waals surface area contributed by atoms with Gasteiger partial charge in [0.25, 0.3) is 0 Å². The molecule has 0 aliphatic carbocycles. The van der Waals surface area contributed by atoms with Crippen LogP contribution in [0.5, 0.6) is 0 Å². The van der Waals surface area contributed by atoms with Gasteiger partial charge in [-0.15, -0.1) is 0 Å². The van der Waals surface area contributed by atoms with Gasteiger partial charge in [-0.25, -0.2) is 9.78 Å². The molecule has 0 saturated carbocycles. The lowest BCUT2D eigenvalue weighted by molar-refractivity contribution is 0.159. The standard InChI is InChI=1S/C21H26N4O/c1-23(2)20(26)25-16-21(18-9-6-12-22-19(18)25)10-13-24(14-11-21)15-17-7-4-3-5-8-17/h3-9,12H,10-11,13-16H2,1-2H3. The number of likely N-dealkylation sites (tertiary alicyclic amines) is 1. The van der Waals surface area contributed by atoms with E-state index in [1.807, 2.05) is 11.0 Å². The van der Waals surface area contributed by atoms with Gasteiger partial charge >= 0.3 is 6.03 Å². The maximum atomic E-state index is 12.6. The second-order valence-corrected chi connectivity index (χ2v) is 7.68. The summed E-state index contributed by atoms with van der Waals surface area (Å²) < 4.78 is 0. The molecule has 0 bridgehead atoms. The quantitative estimate of drug-likeness (QED) is 0.835. The summed E-state index contributed by atoms with van der Waals surface area (Å²) in [6.45, 7) is 3.84. The van der Waals surface area contributed by atoms with Gasteiger partial charge in [0.2, 0.25) is 0 Å². The monoisotopic (exact) mass is 350 g/mol. The highest BCUT2D eigenvalue weighted by atomic mass is 16.2. The molecule has 0 atom stereocenters. The lowest BCUT2D eigenvalue weighted by atomic mass is 9.74. The second kappa shape index (κ2) is 6.72. The SMILES string of the molecule is CN(C)C(=O)N1CC2(CCN(Cc3ccccc3)CC2)c2cccnc21. The third-order valence-corrected chi connectivity index (χ3v) is 5.75. The summed E-state index contributed by atoms with van der Waals surface area (Å²) in [5.74, 6) is 0.850. The van der Waals surface area contributed by atoms with Gasteiger partial charge in [0, 0.05) is 44.4 Å². The highest BCUT2D eigenvalue weighted by Gasteiger charge is 2.47. The highest BCUT2D eigenvalue weighted by molar-refractivity contribution is 5.93. The molecule has 1 aromatic heterocycles. The van der Waals surface area contributed by atoms with Gasteiger partial charge in [0.1, 0.15) is 5.82 Å². The minimum atomic E-state index is 0.0218. The van der Waals surface area contributed by atoms with E-state index in [4.69, 9.17) is 0 Å². The number of urea groups is 1. The summed E-state index contributed by atoms with van der Waals surface area (Å²) in [7, 11) is 3.61. The molecular weight excluding hydrogens is 324 g/mol. The summed E-state index contributed by atoms with van der Waals surface area (Å²) in [5.41, 5.74) is 2.65. The van der Waals surface area contributed by atoms with E-state index >= 15 is 0 Å². The first-order chi connectivity index (χ1) is 12.6. The Hall–Kier alpha value is -2.40. The van der Waals surface area contributed by atoms with Crippen molar-refractivity contribution in [1.29, 1.82) is 0 Å². The molecule has 1 saturated heterocycles. The van der Waals surface area contributed by atoms with Crippen LogP contribution in [0.3, 0.4) is 0 Å². The van der Waals surface area contributed by atoms with E-state index < -0.39 is 0 Å². The third kappa shape index (κ3) is 2.97. The number of fused-ring (bicyclic) bond motifs is 2. The summed E-state index contributed by atoms with van der Waals surface area (Å²) in [4.78, 5) is 23.2. The number of carbonyl (C=O) groups excluding carboxylic acids is 1. The molecule has 1 aromatic carbocycles. The summed E-state index contributed by atoms with van der Waals surface area (Å²) in [5, 5.41) is 0. The molecule has 136 valence electrons. The largest absolute Gasteiger partial charge is 0.330 e. The Balaban J connectivity index is 1.52. The molecule has 5 nitrogen and oxygen atoms in total. The van der Waals surface area contributed by atoms with Gasteiger partial charge in [-0.05, 0) is 37.6 Å². The minimum Gasteiger partial charge on any atom is -0.330 e. The van der Waals surface area contributed by atoms with E-state index in [-0.39, 0.29) is 11.4 Å². The summed E-state index contributed by atoms with van der Waals surface area (Å²) in [6.07, 6.45) is 3.92. The number of anilines is 1. The molecule has 1 spiro atoms. The van der Waals surface area contributed by atoms with Crippen LogP contribution in [0.4, 0.5) is 10.6 Å². The van der Waals surface area contributed by atoms with Crippen LogP contribution in [0, 0.1) is 0 Å². The zero-order valence-corrected chi connectivity index (χ0v) is 15.6. The van der Waals surface area contributed by atoms with Crippen LogP contribution < -0.4 is 4.90 Å². The lowest BCUT2D eigenvalue weighted by Crippen LogP contribution is -2.47. The number of carbonyl (C=O) groups is 1. The molecule has 2 aromatic rings. The number of rotatable bonds is 2. The van der Waals surface area contributed by atoms with Crippen LogP contribution in [0.15, 0.2) is 48.7 Å². The molecule has 4 rings (SSSR count). The molecular formula is C21H26N4O. The Bertz CT molecular complexity index is 782. The number of benzene rings is 1. The van der Waals surface area contributed by atoms with E-state index in [1.165, 1.54) is 11.1 Å². The fourth-order valence-electron chi connectivity index (χ4n) is 4.30. The normalized spacial score (nSPS) is 18.8. The van der Waals surface area contributed by atoms with Gasteiger partial charge in [-0.2, -0.15) is 0 Å². The number of nitrogens with zero attached hydrogens (tertiary/aromatic N) is 4. The predicted molar refractivity (Wildman–Crippen MR) is 103 cm³/mol. The van der Waals surface area contributed by atoms with Crippen molar-refractivity contribution in [1.82, 2.24) is 14.8 Å². The van der Waals surface area contributed by atoms with Crippen LogP contribution in [-0.4, -0.2) is 54.5 Å². The minimum absolute atomic E-state index is 0.0218. The van der Waals surface area contributed by atoms with Crippen LogP contribution in [0.25, 0.3) is 0 Å². The lowest BCUT2D eigenvalue weighted by Gasteiger charge is -2.39. The fraction of sp³-hybridized carbons (Fsp3) is 0.429. The van der Waals surface area contributed by atoms with E-state index in [1.54, 1.807) is 25.2 Å². The number of hydrogen-bond acceptors (Lipinski definition) is 3. The van der Waals surface area contributed by atoms with Gasteiger partial charge in [-0.1, -0.05) is 36.4 Å². The van der Waals surface area contributed by atoms with Crippen LogP contribution in [0.2, 0.25) is 0 Å². The van der Waals surface area contributed by atoms with Gasteiger partial charge in [-0.3, -0.25) is 9.80 Å². The molecule has 2 amide bonds. The molecule has 3 heterocycles. The van der Waals surface area contributed by atoms with Crippen molar-refractivity contribution >= 4 is 11.8 Å². The van der Waals surface area contributed by atoms with Crippen molar-refractivity contribution in [2.75, 3.05) is 38.6 Å². The second-order valence-electron chi connectivity index (χ2n) is 7.68. The topological polar surface area (TPSA) is 39.7 Å². The van der Waals surface area contributed by atoms with Crippen molar-refractivity contribution in [3.63, 3.8) is 0 Å². The maximum absolute atomic E-state index is 12.6. The Kier molecular flexibility index (Phi) is 4.41. The molecule has 26 heavy (non-hydrogen) atoms. The molecule has 2 aliphatic heterocycles. The Morgan fingerprint density at radius 1 is 1.12 bits per heavy atom. The van der Waals surface area contributed by atoms with E-state index in [0.717, 1.165) is 44.8 Å². The molecule has 1 fully saturated rings. The average molecular weight is 350 g/mol. The third-order valence-electron chi connectivity index (χ3n) is 5.75. The van der Waals surface area contributed by atoms with Crippen LogP contribution in [0.1, 0.15) is 24.0 Å². The van der Waals surface area contributed by atoms with E-state index in [9.17, 15) is 4.79 Å². The van der Waals surface area contributed by atoms with Gasteiger partial charge in [0.05, 0.1) is 0 Å². The molecule has 2 aliphatic rings. The smallest absolute Gasteiger partial charge is 0.325 e. The van der Waals surface area contributed by atoms with Crippen molar-refractivity contribution in [3.05, 3.63) is 59.8 Å². The Morgan fingerprint density at radius 2 is 1.85 bits per heavy atom. The number of pyridine rings is 1. The zero-order valence-electron chi connectivity index (χ0n) is 15.6. The van der Waals surface area contributed by atoms with Crippen molar-refractivity contribution < 1.29 is 4.79 Å². The molecule has 0 radical (unpaired) electrons. The fourth-order valence-corrected chi connectivity index (χ4v) is 4.30. The summed E-state index contributed by atoms with van der Waals surface area (Å²) in [6, 6.07) is 14.8. The number of amides is 2. The first-order valence-corrected chi connectivity index (χ1v) is 9.30. The predicted octanol–water partition coefficient (Wildman–Crippen LogP) is 3.12. The summed E-state index contributed by atoms with van der Waals surface area (Å²) >= 11 is 0. The Morgan fingerprint density at radius 3 is 2.54 bits per heavy atom. The van der Waals surface area contributed by atoms with Crippen LogP contribution >= 0.6 is 0 Å². The zero-order chi connectivity index (χ0) is 18.1. The van der Waals surface area contributed by atoms with Gasteiger partial charge in [0.15, 0.2) is 0 Å². The molecule has 5 heteroatoms. The van der Waals surface area contributed by atoms with Crippen LogP contribution in [-0.2, 0) is 12.0 Å². The number of hydrogen-bond donors (Lipinski definition) is 0. The number of aromatic nitrogens is 1. The first kappa shape index (κ1) is 17.0. The molecule has 0 unspecified atom stereocenters.